The number of ketones is 1. The summed E-state index contributed by atoms with van der Waals surface area (Å²) in [5, 5.41) is 30.1. The number of ether oxygens (including phenoxy) is 1. The van der Waals surface area contributed by atoms with Crippen LogP contribution in [0.5, 0.6) is 0 Å². The summed E-state index contributed by atoms with van der Waals surface area (Å²) >= 11 is 0. The Morgan fingerprint density at radius 1 is 1.42 bits per heavy atom. The third kappa shape index (κ3) is 3.49. The third-order valence-electron chi connectivity index (χ3n) is 4.46. The Hall–Kier alpha value is -1.89. The van der Waals surface area contributed by atoms with Crippen LogP contribution in [0.3, 0.4) is 0 Å². The first kappa shape index (κ1) is 20.4. The summed E-state index contributed by atoms with van der Waals surface area (Å²) < 4.78 is 6.24. The summed E-state index contributed by atoms with van der Waals surface area (Å²) in [6.45, 7) is -0.245. The number of Topliss-reactive ketones (excluding diaryl/α,β-unsaturated/α-hetero) is 1. The van der Waals surface area contributed by atoms with Gasteiger partial charge in [0.2, 0.25) is 11.5 Å². The number of hydrogen-bond acceptors (Lipinski definition) is 10. The zero-order valence-electron chi connectivity index (χ0n) is 14.2. The highest BCUT2D eigenvalue weighted by Crippen LogP contribution is 2.36. The Bertz CT molecular complexity index is 697. The maximum absolute atomic E-state index is 13.1. The van der Waals surface area contributed by atoms with Crippen molar-refractivity contribution in [3.63, 3.8) is 0 Å². The van der Waals surface area contributed by atoms with Gasteiger partial charge in [-0.2, -0.15) is 4.98 Å². The number of aliphatic hydroxyl groups is 3. The largest absolute Gasteiger partial charge is 0.394 e. The Kier molecular flexibility index (Phi) is 6.44. The Morgan fingerprint density at radius 3 is 2.65 bits per heavy atom. The highest BCUT2D eigenvalue weighted by molar-refractivity contribution is 5.91. The molecule has 0 spiro atoms. The summed E-state index contributed by atoms with van der Waals surface area (Å²) in [5.41, 5.74) is 13.6. The molecule has 11 heteroatoms. The average molecular weight is 371 g/mol. The van der Waals surface area contributed by atoms with Crippen LogP contribution >= 0.6 is 0 Å². The van der Waals surface area contributed by atoms with E-state index in [9.17, 15) is 24.9 Å². The van der Waals surface area contributed by atoms with Gasteiger partial charge >= 0.3 is 5.69 Å². The standard InChI is InChI=1S/C15H25N5O6/c16-5-2-1-3-8(17)12(23)15(13(24)11(22)9(7-21)26-15)20-6-4-10(18)19-14(20)25/h4,6,8-9,11,13,21-22,24H,1-3,5,7,16-17H2,(H2,18,19,25)/t8?,9-,11-,13-,15-/m1/s1. The van der Waals surface area contributed by atoms with Gasteiger partial charge in [0.05, 0.1) is 12.6 Å². The molecular weight excluding hydrogens is 346 g/mol. The van der Waals surface area contributed by atoms with E-state index in [0.717, 1.165) is 10.8 Å². The van der Waals surface area contributed by atoms with Gasteiger partial charge in [0.15, 0.2) is 0 Å². The molecule has 26 heavy (non-hydrogen) atoms. The van der Waals surface area contributed by atoms with E-state index < -0.39 is 48.2 Å². The molecule has 1 aliphatic heterocycles. The van der Waals surface area contributed by atoms with Crippen LogP contribution < -0.4 is 22.9 Å². The molecular formula is C15H25N5O6. The number of aromatic nitrogens is 2. The topological polar surface area (TPSA) is 200 Å². The van der Waals surface area contributed by atoms with Crippen molar-refractivity contribution in [1.82, 2.24) is 9.55 Å². The SMILES string of the molecule is NCCCCC(N)C(=O)[C@@]1(n2ccc(N)nc2=O)O[C@H](CO)[C@@H](O)[C@H]1O. The molecule has 11 nitrogen and oxygen atoms in total. The summed E-state index contributed by atoms with van der Waals surface area (Å²) in [6.07, 6.45) is -2.16. The monoisotopic (exact) mass is 371 g/mol. The predicted octanol–water partition coefficient (Wildman–Crippen LogP) is -3.38. The average Bonchev–Trinajstić information content (AvgIpc) is 2.87. The highest BCUT2D eigenvalue weighted by atomic mass is 16.6. The molecule has 0 amide bonds. The molecule has 1 unspecified atom stereocenters. The minimum atomic E-state index is -2.31. The number of rotatable bonds is 8. The predicted molar refractivity (Wildman–Crippen MR) is 90.7 cm³/mol. The van der Waals surface area contributed by atoms with Crippen LogP contribution in [0.2, 0.25) is 0 Å². The molecule has 1 fully saturated rings. The maximum Gasteiger partial charge on any atom is 0.352 e. The van der Waals surface area contributed by atoms with Crippen LogP contribution in [-0.2, 0) is 15.3 Å². The van der Waals surface area contributed by atoms with E-state index >= 15 is 0 Å². The van der Waals surface area contributed by atoms with Gasteiger partial charge in [0.1, 0.15) is 24.1 Å². The number of nitrogens with two attached hydrogens (primary N) is 3. The molecule has 0 radical (unpaired) electrons. The summed E-state index contributed by atoms with van der Waals surface area (Å²) in [7, 11) is 0. The number of anilines is 1. The van der Waals surface area contributed by atoms with Gasteiger partial charge in [-0.3, -0.25) is 9.36 Å². The van der Waals surface area contributed by atoms with Gasteiger partial charge in [0.25, 0.3) is 0 Å². The Morgan fingerprint density at radius 2 is 2.12 bits per heavy atom. The van der Waals surface area contributed by atoms with Crippen molar-refractivity contribution >= 4 is 11.6 Å². The third-order valence-corrected chi connectivity index (χ3v) is 4.46. The van der Waals surface area contributed by atoms with E-state index in [1.165, 1.54) is 6.07 Å². The van der Waals surface area contributed by atoms with Gasteiger partial charge in [0, 0.05) is 6.20 Å². The summed E-state index contributed by atoms with van der Waals surface area (Å²) in [5.74, 6) is -0.904. The fourth-order valence-corrected chi connectivity index (χ4v) is 3.05. The zero-order chi connectivity index (χ0) is 19.5. The Labute approximate surface area is 149 Å². The molecule has 1 aromatic rings. The van der Waals surface area contributed by atoms with Gasteiger partial charge < -0.3 is 37.3 Å². The van der Waals surface area contributed by atoms with Gasteiger partial charge in [-0.05, 0) is 25.5 Å². The molecule has 1 aliphatic rings. The lowest BCUT2D eigenvalue weighted by Crippen LogP contribution is -2.60. The number of hydrogen-bond donors (Lipinski definition) is 6. The molecule has 146 valence electrons. The minimum Gasteiger partial charge on any atom is -0.394 e. The van der Waals surface area contributed by atoms with E-state index in [1.54, 1.807) is 0 Å². The van der Waals surface area contributed by atoms with E-state index in [2.05, 4.69) is 4.98 Å². The molecule has 5 atom stereocenters. The molecule has 0 aliphatic carbocycles. The van der Waals surface area contributed by atoms with Gasteiger partial charge in [-0.1, -0.05) is 6.42 Å². The number of aliphatic hydroxyl groups excluding tert-OH is 3. The second-order valence-electron chi connectivity index (χ2n) is 6.23. The molecule has 2 rings (SSSR count). The zero-order valence-corrected chi connectivity index (χ0v) is 14.2. The van der Waals surface area contributed by atoms with Crippen LogP contribution in [0.25, 0.3) is 0 Å². The number of unbranched alkanes of at least 4 members (excludes halogenated alkanes) is 1. The minimum absolute atomic E-state index is 0.0900. The number of carbonyl (C=O) groups is 1. The summed E-state index contributed by atoms with van der Waals surface area (Å²) in [4.78, 5) is 28.9. The van der Waals surface area contributed by atoms with Crippen LogP contribution in [0, 0.1) is 0 Å². The molecule has 0 aromatic carbocycles. The summed E-state index contributed by atoms with van der Waals surface area (Å²) in [6, 6.07) is 0.149. The quantitative estimate of drug-likeness (QED) is 0.250. The van der Waals surface area contributed by atoms with E-state index in [4.69, 9.17) is 21.9 Å². The van der Waals surface area contributed by atoms with Crippen LogP contribution in [-0.4, -0.2) is 68.2 Å². The first-order chi connectivity index (χ1) is 12.3. The lowest BCUT2D eigenvalue weighted by atomic mass is 9.91. The van der Waals surface area contributed by atoms with Crippen molar-refractivity contribution in [2.24, 2.45) is 11.5 Å². The van der Waals surface area contributed by atoms with E-state index in [1.807, 2.05) is 0 Å². The van der Waals surface area contributed by atoms with Crippen molar-refractivity contribution in [3.8, 4) is 0 Å². The maximum atomic E-state index is 13.1. The second kappa shape index (κ2) is 8.20. The van der Waals surface area contributed by atoms with Crippen molar-refractivity contribution < 1.29 is 24.9 Å². The first-order valence-corrected chi connectivity index (χ1v) is 8.30. The number of nitrogen functional groups attached to an aromatic ring is 1. The van der Waals surface area contributed by atoms with Crippen LogP contribution in [0.1, 0.15) is 19.3 Å². The molecule has 1 saturated heterocycles. The van der Waals surface area contributed by atoms with Gasteiger partial charge in [-0.25, -0.2) is 4.79 Å². The normalized spacial score (nSPS) is 29.7. The van der Waals surface area contributed by atoms with Crippen LogP contribution in [0.4, 0.5) is 5.82 Å². The van der Waals surface area contributed by atoms with Crippen LogP contribution in [0.15, 0.2) is 17.1 Å². The number of nitrogens with zero attached hydrogens (tertiary/aromatic N) is 2. The smallest absolute Gasteiger partial charge is 0.352 e. The molecule has 2 heterocycles. The fourth-order valence-electron chi connectivity index (χ4n) is 3.05. The molecule has 9 N–H and O–H groups in total. The molecule has 0 saturated carbocycles. The fraction of sp³-hybridized carbons (Fsp3) is 0.667. The lowest BCUT2D eigenvalue weighted by molar-refractivity contribution is -0.177. The molecule has 1 aromatic heterocycles. The highest BCUT2D eigenvalue weighted by Gasteiger charge is 2.61. The van der Waals surface area contributed by atoms with E-state index in [0.29, 0.717) is 19.4 Å². The van der Waals surface area contributed by atoms with Gasteiger partial charge in [-0.15, -0.1) is 0 Å². The number of carbonyl (C=O) groups excluding carboxylic acids is 1. The van der Waals surface area contributed by atoms with Crippen molar-refractivity contribution in [2.75, 3.05) is 18.9 Å². The van der Waals surface area contributed by atoms with E-state index in [-0.39, 0.29) is 12.2 Å². The van der Waals surface area contributed by atoms with Crippen molar-refractivity contribution in [1.29, 1.82) is 0 Å². The lowest BCUT2D eigenvalue weighted by Gasteiger charge is -2.34. The second-order valence-corrected chi connectivity index (χ2v) is 6.23. The van der Waals surface area contributed by atoms with Crippen molar-refractivity contribution in [3.05, 3.63) is 22.7 Å². The Balaban J connectivity index is 2.49. The molecule has 0 bridgehead atoms. The first-order valence-electron chi connectivity index (χ1n) is 8.30. The van der Waals surface area contributed by atoms with Crippen molar-refractivity contribution in [2.45, 2.75) is 49.3 Å².